The van der Waals surface area contributed by atoms with E-state index in [9.17, 15) is 13.2 Å². The van der Waals surface area contributed by atoms with Crippen molar-refractivity contribution in [3.63, 3.8) is 0 Å². The van der Waals surface area contributed by atoms with Gasteiger partial charge in [0.1, 0.15) is 6.26 Å². The molecular weight excluding hydrogens is 296 g/mol. The van der Waals surface area contributed by atoms with Gasteiger partial charge < -0.3 is 14.5 Å². The third-order valence-corrected chi connectivity index (χ3v) is 5.30. The SMILES string of the molecule is CNCC1CCCN(S(=O)(=O)c2cc(C(=O)OC)co2)C1. The van der Waals surface area contributed by atoms with Gasteiger partial charge >= 0.3 is 5.97 Å². The molecule has 0 radical (unpaired) electrons. The lowest BCUT2D eigenvalue weighted by molar-refractivity contribution is 0.0600. The number of nitrogens with zero attached hydrogens (tertiary/aromatic N) is 1. The minimum atomic E-state index is -3.70. The zero-order valence-corrected chi connectivity index (χ0v) is 13.0. The highest BCUT2D eigenvalue weighted by Crippen LogP contribution is 2.25. The van der Waals surface area contributed by atoms with Gasteiger partial charge in [0, 0.05) is 19.2 Å². The molecule has 2 heterocycles. The average Bonchev–Trinajstić information content (AvgIpc) is 2.97. The molecule has 0 aromatic carbocycles. The number of furan rings is 1. The zero-order chi connectivity index (χ0) is 15.5. The fraction of sp³-hybridized carbons (Fsp3) is 0.615. The summed E-state index contributed by atoms with van der Waals surface area (Å²) in [6.07, 6.45) is 2.92. The number of ether oxygens (including phenoxy) is 1. The van der Waals surface area contributed by atoms with Crippen molar-refractivity contribution in [3.8, 4) is 0 Å². The van der Waals surface area contributed by atoms with Crippen molar-refractivity contribution in [2.24, 2.45) is 5.92 Å². The molecule has 1 saturated heterocycles. The van der Waals surface area contributed by atoms with Gasteiger partial charge in [0.15, 0.2) is 0 Å². The summed E-state index contributed by atoms with van der Waals surface area (Å²) in [5.41, 5.74) is 0.0971. The lowest BCUT2D eigenvalue weighted by Crippen LogP contribution is -2.42. The highest BCUT2D eigenvalue weighted by molar-refractivity contribution is 7.89. The third-order valence-electron chi connectivity index (χ3n) is 3.57. The van der Waals surface area contributed by atoms with Gasteiger partial charge in [-0.1, -0.05) is 0 Å². The fourth-order valence-corrected chi connectivity index (χ4v) is 3.98. The molecule has 1 aliphatic heterocycles. The van der Waals surface area contributed by atoms with E-state index in [1.165, 1.54) is 17.5 Å². The maximum Gasteiger partial charge on any atom is 0.341 e. The van der Waals surface area contributed by atoms with Crippen LogP contribution in [0.2, 0.25) is 0 Å². The Kier molecular flexibility index (Phi) is 5.02. The molecule has 0 saturated carbocycles. The fourth-order valence-electron chi connectivity index (χ4n) is 2.50. The smallest absolute Gasteiger partial charge is 0.341 e. The minimum Gasteiger partial charge on any atom is -0.465 e. The molecule has 118 valence electrons. The second-order valence-corrected chi connectivity index (χ2v) is 6.94. The lowest BCUT2D eigenvalue weighted by Gasteiger charge is -2.31. The monoisotopic (exact) mass is 316 g/mol. The van der Waals surface area contributed by atoms with E-state index in [4.69, 9.17) is 4.42 Å². The van der Waals surface area contributed by atoms with E-state index < -0.39 is 16.0 Å². The van der Waals surface area contributed by atoms with E-state index >= 15 is 0 Å². The first-order chi connectivity index (χ1) is 9.98. The van der Waals surface area contributed by atoms with Crippen LogP contribution in [-0.2, 0) is 14.8 Å². The van der Waals surface area contributed by atoms with Gasteiger partial charge in [-0.2, -0.15) is 4.31 Å². The number of esters is 1. The molecule has 8 heteroatoms. The van der Waals surface area contributed by atoms with Crippen molar-refractivity contribution >= 4 is 16.0 Å². The summed E-state index contributed by atoms with van der Waals surface area (Å²) in [5, 5.41) is 2.85. The van der Waals surface area contributed by atoms with Gasteiger partial charge in [-0.15, -0.1) is 0 Å². The van der Waals surface area contributed by atoms with E-state index in [1.54, 1.807) is 0 Å². The van der Waals surface area contributed by atoms with Crippen molar-refractivity contribution in [2.45, 2.75) is 17.9 Å². The third kappa shape index (κ3) is 3.45. The van der Waals surface area contributed by atoms with E-state index in [1.807, 2.05) is 7.05 Å². The topological polar surface area (TPSA) is 88.9 Å². The van der Waals surface area contributed by atoms with Gasteiger partial charge in [0.2, 0.25) is 5.09 Å². The second-order valence-electron chi connectivity index (χ2n) is 5.07. The van der Waals surface area contributed by atoms with Crippen LogP contribution >= 0.6 is 0 Å². The second kappa shape index (κ2) is 6.59. The first-order valence-electron chi connectivity index (χ1n) is 6.80. The number of hydrogen-bond donors (Lipinski definition) is 1. The largest absolute Gasteiger partial charge is 0.465 e. The van der Waals surface area contributed by atoms with Crippen molar-refractivity contribution in [1.29, 1.82) is 0 Å². The van der Waals surface area contributed by atoms with E-state index in [-0.39, 0.29) is 16.6 Å². The Morgan fingerprint density at radius 2 is 2.33 bits per heavy atom. The number of carbonyl (C=O) groups is 1. The molecule has 1 atom stereocenters. The van der Waals surface area contributed by atoms with E-state index in [2.05, 4.69) is 10.1 Å². The molecule has 1 aromatic heterocycles. The molecular formula is C13H20N2O5S. The lowest BCUT2D eigenvalue weighted by atomic mass is 10.00. The quantitative estimate of drug-likeness (QED) is 0.804. The predicted octanol–water partition coefficient (Wildman–Crippen LogP) is 0.686. The summed E-state index contributed by atoms with van der Waals surface area (Å²) in [7, 11) is -0.621. The van der Waals surface area contributed by atoms with Crippen LogP contribution in [0.4, 0.5) is 0 Å². The summed E-state index contributed by atoms with van der Waals surface area (Å²) in [5.74, 6) is -0.333. The van der Waals surface area contributed by atoms with Gasteiger partial charge in [0.05, 0.1) is 12.7 Å². The van der Waals surface area contributed by atoms with E-state index in [0.29, 0.717) is 13.1 Å². The maximum absolute atomic E-state index is 12.5. The van der Waals surface area contributed by atoms with E-state index in [0.717, 1.165) is 25.6 Å². The number of piperidine rings is 1. The average molecular weight is 316 g/mol. The van der Waals surface area contributed by atoms with Gasteiger partial charge in [-0.25, -0.2) is 13.2 Å². The molecule has 0 amide bonds. The highest BCUT2D eigenvalue weighted by atomic mass is 32.2. The summed E-state index contributed by atoms with van der Waals surface area (Å²) >= 11 is 0. The van der Waals surface area contributed by atoms with Crippen LogP contribution in [-0.4, -0.2) is 52.5 Å². The van der Waals surface area contributed by atoms with Crippen LogP contribution in [0.3, 0.4) is 0 Å². The summed E-state index contributed by atoms with van der Waals surface area (Å²) in [6, 6.07) is 1.21. The van der Waals surface area contributed by atoms with Gasteiger partial charge in [0.25, 0.3) is 10.0 Å². The summed E-state index contributed by atoms with van der Waals surface area (Å²) in [6.45, 7) is 1.70. The van der Waals surface area contributed by atoms with Crippen molar-refractivity contribution in [2.75, 3.05) is 33.8 Å². The van der Waals surface area contributed by atoms with Crippen molar-refractivity contribution in [3.05, 3.63) is 17.9 Å². The number of carbonyl (C=O) groups excluding carboxylic acids is 1. The summed E-state index contributed by atoms with van der Waals surface area (Å²) < 4.78 is 36.1. The van der Waals surface area contributed by atoms with Gasteiger partial charge in [-0.3, -0.25) is 0 Å². The minimum absolute atomic E-state index is 0.0971. The van der Waals surface area contributed by atoms with Gasteiger partial charge in [-0.05, 0) is 32.4 Å². The van der Waals surface area contributed by atoms with Crippen LogP contribution < -0.4 is 5.32 Å². The molecule has 1 N–H and O–H groups in total. The number of rotatable bonds is 5. The van der Waals surface area contributed by atoms with Crippen LogP contribution in [0.15, 0.2) is 21.8 Å². The Balaban J connectivity index is 2.17. The van der Waals surface area contributed by atoms with Crippen LogP contribution in [0.25, 0.3) is 0 Å². The first kappa shape index (κ1) is 16.0. The molecule has 21 heavy (non-hydrogen) atoms. The Morgan fingerprint density at radius 3 is 3.00 bits per heavy atom. The Bertz CT molecular complexity index is 593. The number of methoxy groups -OCH3 is 1. The summed E-state index contributed by atoms with van der Waals surface area (Å²) in [4.78, 5) is 11.4. The van der Waals surface area contributed by atoms with Crippen LogP contribution in [0.5, 0.6) is 0 Å². The number of nitrogens with one attached hydrogen (secondary N) is 1. The zero-order valence-electron chi connectivity index (χ0n) is 12.2. The normalized spacial score (nSPS) is 20.4. The highest BCUT2D eigenvalue weighted by Gasteiger charge is 2.32. The molecule has 7 nitrogen and oxygen atoms in total. The molecule has 0 spiro atoms. The number of sulfonamides is 1. The van der Waals surface area contributed by atoms with Crippen molar-refractivity contribution < 1.29 is 22.4 Å². The first-order valence-corrected chi connectivity index (χ1v) is 8.24. The molecule has 1 fully saturated rings. The Labute approximate surface area is 124 Å². The van der Waals surface area contributed by atoms with Crippen LogP contribution in [0.1, 0.15) is 23.2 Å². The maximum atomic E-state index is 12.5. The molecule has 2 rings (SSSR count). The Morgan fingerprint density at radius 1 is 1.57 bits per heavy atom. The van der Waals surface area contributed by atoms with Crippen LogP contribution in [0, 0.1) is 5.92 Å². The molecule has 1 aromatic rings. The molecule has 0 aliphatic carbocycles. The molecule has 1 unspecified atom stereocenters. The Hall–Kier alpha value is -1.38. The molecule has 1 aliphatic rings. The van der Waals surface area contributed by atoms with Crippen molar-refractivity contribution in [1.82, 2.24) is 9.62 Å². The number of hydrogen-bond acceptors (Lipinski definition) is 6. The predicted molar refractivity (Wildman–Crippen MR) is 75.5 cm³/mol. The molecule has 0 bridgehead atoms. The standard InChI is InChI=1S/C13H20N2O5S/c1-14-7-10-4-3-5-15(8-10)21(17,18)12-6-11(9-20-12)13(16)19-2/h6,9-10,14H,3-5,7-8H2,1-2H3.